The van der Waals surface area contributed by atoms with Crippen molar-refractivity contribution in [1.29, 1.82) is 0 Å². The Morgan fingerprint density at radius 1 is 1.27 bits per heavy atom. The lowest BCUT2D eigenvalue weighted by Gasteiger charge is -2.38. The van der Waals surface area contributed by atoms with E-state index in [4.69, 9.17) is 5.73 Å². The fraction of sp³-hybridized carbons (Fsp3) is 0.400. The van der Waals surface area contributed by atoms with Gasteiger partial charge in [-0.2, -0.15) is 0 Å². The summed E-state index contributed by atoms with van der Waals surface area (Å²) in [7, 11) is 0. The maximum absolute atomic E-state index is 12.8. The van der Waals surface area contributed by atoms with Crippen molar-refractivity contribution in [2.45, 2.75) is 32.4 Å². The van der Waals surface area contributed by atoms with Gasteiger partial charge in [0.1, 0.15) is 0 Å². The van der Waals surface area contributed by atoms with E-state index in [1.807, 2.05) is 40.6 Å². The quantitative estimate of drug-likeness (QED) is 0.849. The first-order chi connectivity index (χ1) is 12.6. The maximum atomic E-state index is 12.8. The van der Waals surface area contributed by atoms with Gasteiger partial charge in [-0.05, 0) is 47.9 Å². The zero-order valence-electron chi connectivity index (χ0n) is 15.0. The number of thiophene rings is 1. The first-order valence-corrected chi connectivity index (χ1v) is 9.88. The van der Waals surface area contributed by atoms with Crippen LogP contribution in [0, 0.1) is 5.92 Å². The van der Waals surface area contributed by atoms with E-state index in [1.54, 1.807) is 6.07 Å². The molecule has 3 N–H and O–H groups in total. The van der Waals surface area contributed by atoms with Gasteiger partial charge in [-0.1, -0.05) is 25.1 Å². The lowest BCUT2D eigenvalue weighted by atomic mass is 9.92. The molecule has 1 aliphatic heterocycles. The Morgan fingerprint density at radius 3 is 2.69 bits per heavy atom. The van der Waals surface area contributed by atoms with Crippen LogP contribution >= 0.6 is 11.3 Å². The molecule has 0 spiro atoms. The van der Waals surface area contributed by atoms with Crippen LogP contribution in [-0.4, -0.2) is 35.8 Å². The monoisotopic (exact) mass is 371 g/mol. The maximum Gasteiger partial charge on any atom is 0.261 e. The lowest BCUT2D eigenvalue weighted by Crippen LogP contribution is -2.49. The fourth-order valence-corrected chi connectivity index (χ4v) is 3.99. The van der Waals surface area contributed by atoms with Gasteiger partial charge in [-0.25, -0.2) is 0 Å². The summed E-state index contributed by atoms with van der Waals surface area (Å²) < 4.78 is 0. The Labute approximate surface area is 158 Å². The molecule has 1 aromatic carbocycles. The summed E-state index contributed by atoms with van der Waals surface area (Å²) in [6.07, 6.45) is 1.99. The number of hydrogen-bond acceptors (Lipinski definition) is 4. The molecule has 2 atom stereocenters. The van der Waals surface area contributed by atoms with E-state index in [0.717, 1.165) is 24.9 Å². The minimum absolute atomic E-state index is 0.0431. The molecule has 1 fully saturated rings. The Morgan fingerprint density at radius 2 is 2.04 bits per heavy atom. The van der Waals surface area contributed by atoms with Crippen molar-refractivity contribution < 1.29 is 9.59 Å². The summed E-state index contributed by atoms with van der Waals surface area (Å²) in [4.78, 5) is 27.4. The van der Waals surface area contributed by atoms with Crippen molar-refractivity contribution in [2.24, 2.45) is 11.7 Å². The van der Waals surface area contributed by atoms with Gasteiger partial charge < -0.3 is 16.0 Å². The number of hydrogen-bond donors (Lipinski definition) is 2. The van der Waals surface area contributed by atoms with E-state index < -0.39 is 0 Å². The Bertz CT molecular complexity index is 743. The highest BCUT2D eigenvalue weighted by molar-refractivity contribution is 7.12. The Kier molecular flexibility index (Phi) is 6.06. The van der Waals surface area contributed by atoms with E-state index >= 15 is 0 Å². The Hall–Kier alpha value is -2.18. The van der Waals surface area contributed by atoms with Gasteiger partial charge in [0.15, 0.2) is 0 Å². The van der Waals surface area contributed by atoms with Crippen LogP contribution in [0.2, 0.25) is 0 Å². The molecule has 5 nitrogen and oxygen atoms in total. The van der Waals surface area contributed by atoms with E-state index in [1.165, 1.54) is 11.3 Å². The number of benzene rings is 1. The molecule has 2 aromatic rings. The number of piperidine rings is 1. The zero-order chi connectivity index (χ0) is 18.5. The second kappa shape index (κ2) is 8.47. The van der Waals surface area contributed by atoms with Crippen LogP contribution < -0.4 is 11.1 Å². The third kappa shape index (κ3) is 4.31. The number of nitrogens with zero attached hydrogens (tertiary/aromatic N) is 1. The van der Waals surface area contributed by atoms with E-state index in [0.29, 0.717) is 29.4 Å². The zero-order valence-corrected chi connectivity index (χ0v) is 15.8. The second-order valence-corrected chi connectivity index (χ2v) is 7.82. The molecule has 3 rings (SSSR count). The fourth-order valence-electron chi connectivity index (χ4n) is 3.35. The molecule has 1 saturated heterocycles. The van der Waals surface area contributed by atoms with Gasteiger partial charge in [0.2, 0.25) is 0 Å². The number of nitrogens with two attached hydrogens (primary N) is 1. The molecule has 0 bridgehead atoms. The smallest absolute Gasteiger partial charge is 0.261 e. The molecule has 2 heterocycles. The highest BCUT2D eigenvalue weighted by Gasteiger charge is 2.29. The van der Waals surface area contributed by atoms with Gasteiger partial charge in [0, 0.05) is 31.2 Å². The largest absolute Gasteiger partial charge is 0.347 e. The summed E-state index contributed by atoms with van der Waals surface area (Å²) in [5, 5.41) is 4.77. The summed E-state index contributed by atoms with van der Waals surface area (Å²) in [5.74, 6) is 0.580. The van der Waals surface area contributed by atoms with E-state index in [2.05, 4.69) is 12.2 Å². The molecule has 2 amide bonds. The van der Waals surface area contributed by atoms with Crippen LogP contribution in [0.4, 0.5) is 0 Å². The standard InChI is InChI=1S/C20H25N3O2S/c1-14-8-9-23(17(11-14)12-21)20(25)16-6-4-15(5-7-16)13-22-19(24)18-3-2-10-26-18/h2-7,10,14,17H,8-9,11-13,21H2,1H3,(H,22,24). The van der Waals surface area contributed by atoms with Crippen molar-refractivity contribution in [3.05, 3.63) is 57.8 Å². The summed E-state index contributed by atoms with van der Waals surface area (Å²) in [6, 6.07) is 11.2. The third-order valence-electron chi connectivity index (χ3n) is 4.91. The third-order valence-corrected chi connectivity index (χ3v) is 5.78. The number of rotatable bonds is 5. The highest BCUT2D eigenvalue weighted by Crippen LogP contribution is 2.23. The van der Waals surface area contributed by atoms with Crippen LogP contribution in [0.3, 0.4) is 0 Å². The average Bonchev–Trinajstić information content (AvgIpc) is 3.20. The number of carbonyl (C=O) groups is 2. The molecule has 26 heavy (non-hydrogen) atoms. The first kappa shape index (κ1) is 18.6. The minimum Gasteiger partial charge on any atom is -0.347 e. The van der Waals surface area contributed by atoms with Crippen LogP contribution in [0.25, 0.3) is 0 Å². The van der Waals surface area contributed by atoms with Crippen LogP contribution in [-0.2, 0) is 6.54 Å². The number of nitrogens with one attached hydrogen (secondary N) is 1. The molecule has 0 saturated carbocycles. The van der Waals surface area contributed by atoms with Gasteiger partial charge in [0.05, 0.1) is 4.88 Å². The molecule has 0 aliphatic carbocycles. The summed E-state index contributed by atoms with van der Waals surface area (Å²) >= 11 is 1.42. The minimum atomic E-state index is -0.0756. The molecule has 1 aliphatic rings. The number of carbonyl (C=O) groups excluding carboxylic acids is 2. The predicted molar refractivity (Wildman–Crippen MR) is 104 cm³/mol. The Balaban J connectivity index is 1.60. The molecule has 0 radical (unpaired) electrons. The highest BCUT2D eigenvalue weighted by atomic mass is 32.1. The molecular weight excluding hydrogens is 346 g/mol. The van der Waals surface area contributed by atoms with Gasteiger partial charge in [-0.3, -0.25) is 9.59 Å². The van der Waals surface area contributed by atoms with Crippen LogP contribution in [0.1, 0.15) is 45.4 Å². The first-order valence-electron chi connectivity index (χ1n) is 9.00. The van der Waals surface area contributed by atoms with Crippen LogP contribution in [0.15, 0.2) is 41.8 Å². The topological polar surface area (TPSA) is 75.4 Å². The van der Waals surface area contributed by atoms with E-state index in [-0.39, 0.29) is 17.9 Å². The van der Waals surface area contributed by atoms with Crippen molar-refractivity contribution in [2.75, 3.05) is 13.1 Å². The van der Waals surface area contributed by atoms with Gasteiger partial charge in [-0.15, -0.1) is 11.3 Å². The van der Waals surface area contributed by atoms with Crippen molar-refractivity contribution in [3.8, 4) is 0 Å². The molecular formula is C20H25N3O2S. The molecule has 1 aromatic heterocycles. The van der Waals surface area contributed by atoms with Crippen molar-refractivity contribution >= 4 is 23.2 Å². The van der Waals surface area contributed by atoms with Gasteiger partial charge >= 0.3 is 0 Å². The normalized spacial score (nSPS) is 20.0. The average molecular weight is 372 g/mol. The van der Waals surface area contributed by atoms with Crippen molar-refractivity contribution in [1.82, 2.24) is 10.2 Å². The summed E-state index contributed by atoms with van der Waals surface area (Å²) in [6.45, 7) is 3.92. The number of likely N-dealkylation sites (tertiary alicyclic amines) is 1. The van der Waals surface area contributed by atoms with Gasteiger partial charge in [0.25, 0.3) is 11.8 Å². The van der Waals surface area contributed by atoms with Crippen LogP contribution in [0.5, 0.6) is 0 Å². The second-order valence-electron chi connectivity index (χ2n) is 6.87. The lowest BCUT2D eigenvalue weighted by molar-refractivity contribution is 0.0573. The van der Waals surface area contributed by atoms with E-state index in [9.17, 15) is 9.59 Å². The number of amides is 2. The van der Waals surface area contributed by atoms with Crippen molar-refractivity contribution in [3.63, 3.8) is 0 Å². The molecule has 138 valence electrons. The summed E-state index contributed by atoms with van der Waals surface area (Å²) in [5.41, 5.74) is 7.51. The molecule has 6 heteroatoms. The predicted octanol–water partition coefficient (Wildman–Crippen LogP) is 2.88. The SMILES string of the molecule is CC1CCN(C(=O)c2ccc(CNC(=O)c3cccs3)cc2)C(CN)C1. The molecule has 2 unspecified atom stereocenters.